The highest BCUT2D eigenvalue weighted by molar-refractivity contribution is 4.87. The Balaban J connectivity index is 2.35. The summed E-state index contributed by atoms with van der Waals surface area (Å²) in [6, 6.07) is 0. The Labute approximate surface area is 191 Å². The van der Waals surface area contributed by atoms with E-state index in [0.29, 0.717) is 12.5 Å². The summed E-state index contributed by atoms with van der Waals surface area (Å²) in [6.45, 7) is 6.75. The van der Waals surface area contributed by atoms with Gasteiger partial charge in [0.15, 0.2) is 6.29 Å². The molecule has 186 valence electrons. The van der Waals surface area contributed by atoms with Gasteiger partial charge in [0, 0.05) is 0 Å². The summed E-state index contributed by atoms with van der Waals surface area (Å²) in [4.78, 5) is 0. The summed E-state index contributed by atoms with van der Waals surface area (Å²) in [5, 5.41) is 30.1. The minimum atomic E-state index is -1.22. The number of hydrogen-bond acceptors (Lipinski definition) is 5. The molecule has 1 rings (SSSR count). The van der Waals surface area contributed by atoms with E-state index in [2.05, 4.69) is 13.8 Å². The summed E-state index contributed by atoms with van der Waals surface area (Å²) in [7, 11) is 0. The zero-order chi connectivity index (χ0) is 22.9. The molecule has 0 spiro atoms. The van der Waals surface area contributed by atoms with Gasteiger partial charge in [0.25, 0.3) is 0 Å². The third-order valence-corrected chi connectivity index (χ3v) is 6.74. The Morgan fingerprint density at radius 2 is 1.10 bits per heavy atom. The molecule has 0 aliphatic carbocycles. The Kier molecular flexibility index (Phi) is 17.0. The molecule has 1 aliphatic heterocycles. The first-order chi connectivity index (χ1) is 15.0. The minimum Gasteiger partial charge on any atom is -0.388 e. The van der Waals surface area contributed by atoms with E-state index in [4.69, 9.17) is 9.47 Å². The van der Waals surface area contributed by atoms with Crippen molar-refractivity contribution < 1.29 is 24.8 Å². The summed E-state index contributed by atoms with van der Waals surface area (Å²) in [5.74, 6) is 0.460. The summed E-state index contributed by atoms with van der Waals surface area (Å²) in [6.07, 6.45) is 15.7. The van der Waals surface area contributed by atoms with Crippen LogP contribution in [0.5, 0.6) is 0 Å². The zero-order valence-electron chi connectivity index (χ0n) is 20.6. The van der Waals surface area contributed by atoms with Gasteiger partial charge in [-0.05, 0) is 25.7 Å². The molecule has 3 N–H and O–H groups in total. The van der Waals surface area contributed by atoms with Crippen molar-refractivity contribution in [1.29, 1.82) is 0 Å². The molecule has 0 amide bonds. The van der Waals surface area contributed by atoms with Gasteiger partial charge in [0.2, 0.25) is 0 Å². The Morgan fingerprint density at radius 1 is 0.645 bits per heavy atom. The molecular formula is C26H52O5. The first kappa shape index (κ1) is 28.8. The molecule has 1 heterocycles. The van der Waals surface area contributed by atoms with Crippen molar-refractivity contribution in [1.82, 2.24) is 0 Å². The highest BCUT2D eigenvalue weighted by Gasteiger charge is 2.42. The van der Waals surface area contributed by atoms with Crippen molar-refractivity contribution in [3.8, 4) is 0 Å². The Morgan fingerprint density at radius 3 is 1.58 bits per heavy atom. The van der Waals surface area contributed by atoms with Gasteiger partial charge in [-0.2, -0.15) is 0 Å². The van der Waals surface area contributed by atoms with Crippen LogP contribution < -0.4 is 0 Å². The van der Waals surface area contributed by atoms with Crippen LogP contribution in [0.1, 0.15) is 124 Å². The normalized spacial score (nSPS) is 27.5. The van der Waals surface area contributed by atoms with Crippen LogP contribution in [0.15, 0.2) is 0 Å². The molecule has 5 nitrogen and oxygen atoms in total. The molecule has 1 aliphatic rings. The quantitative estimate of drug-likeness (QED) is 0.222. The standard InChI is InChI=1S/C26H52O5/c1-4-6-8-10-12-13-15-17-19-22(18-16-14-11-9-7-5-2)20-30-26-25(29)24(28)23(27)21(3)31-26/h21-29H,4-20H2,1-3H3/t21-,22?,23-,24+,25+,26?/m1/s1. The van der Waals surface area contributed by atoms with Crippen LogP contribution in [0.4, 0.5) is 0 Å². The number of ether oxygens (including phenoxy) is 2. The van der Waals surface area contributed by atoms with Crippen molar-refractivity contribution >= 4 is 0 Å². The molecular weight excluding hydrogens is 392 g/mol. The lowest BCUT2D eigenvalue weighted by Gasteiger charge is -2.39. The first-order valence-corrected chi connectivity index (χ1v) is 13.3. The molecule has 0 aromatic heterocycles. The van der Waals surface area contributed by atoms with Gasteiger partial charge in [-0.3, -0.25) is 0 Å². The van der Waals surface area contributed by atoms with Crippen LogP contribution >= 0.6 is 0 Å². The maximum Gasteiger partial charge on any atom is 0.186 e. The van der Waals surface area contributed by atoms with Crippen LogP contribution in [-0.4, -0.2) is 52.6 Å². The first-order valence-electron chi connectivity index (χ1n) is 13.3. The largest absolute Gasteiger partial charge is 0.388 e. The number of rotatable bonds is 19. The second-order valence-corrected chi connectivity index (χ2v) is 9.70. The van der Waals surface area contributed by atoms with E-state index >= 15 is 0 Å². The van der Waals surface area contributed by atoms with Crippen LogP contribution in [0.3, 0.4) is 0 Å². The molecule has 1 fully saturated rings. The van der Waals surface area contributed by atoms with Crippen molar-refractivity contribution in [3.05, 3.63) is 0 Å². The van der Waals surface area contributed by atoms with E-state index in [0.717, 1.165) is 12.8 Å². The Hall–Kier alpha value is -0.200. The third kappa shape index (κ3) is 12.6. The van der Waals surface area contributed by atoms with Gasteiger partial charge in [-0.1, -0.05) is 104 Å². The molecule has 0 aromatic carbocycles. The maximum atomic E-state index is 10.2. The van der Waals surface area contributed by atoms with Crippen LogP contribution in [0, 0.1) is 5.92 Å². The van der Waals surface area contributed by atoms with E-state index in [1.54, 1.807) is 6.92 Å². The second-order valence-electron chi connectivity index (χ2n) is 9.70. The van der Waals surface area contributed by atoms with Crippen molar-refractivity contribution in [2.75, 3.05) is 6.61 Å². The third-order valence-electron chi connectivity index (χ3n) is 6.74. The van der Waals surface area contributed by atoms with Gasteiger partial charge < -0.3 is 24.8 Å². The lowest BCUT2D eigenvalue weighted by molar-refractivity contribution is -0.295. The van der Waals surface area contributed by atoms with E-state index in [1.165, 1.54) is 89.9 Å². The number of aliphatic hydroxyl groups is 3. The monoisotopic (exact) mass is 444 g/mol. The van der Waals surface area contributed by atoms with Crippen LogP contribution in [0.25, 0.3) is 0 Å². The second kappa shape index (κ2) is 18.3. The molecule has 0 radical (unpaired) electrons. The molecule has 0 saturated carbocycles. The average molecular weight is 445 g/mol. The van der Waals surface area contributed by atoms with Gasteiger partial charge in [-0.25, -0.2) is 0 Å². The lowest BCUT2D eigenvalue weighted by Crippen LogP contribution is -2.57. The molecule has 0 bridgehead atoms. The smallest absolute Gasteiger partial charge is 0.186 e. The fraction of sp³-hybridized carbons (Fsp3) is 1.00. The van der Waals surface area contributed by atoms with E-state index in [9.17, 15) is 15.3 Å². The maximum absolute atomic E-state index is 10.2. The number of hydrogen-bond donors (Lipinski definition) is 3. The van der Waals surface area contributed by atoms with Crippen molar-refractivity contribution in [2.24, 2.45) is 5.92 Å². The number of aliphatic hydroxyl groups excluding tert-OH is 3. The molecule has 5 heteroatoms. The van der Waals surface area contributed by atoms with Crippen molar-refractivity contribution in [2.45, 2.75) is 154 Å². The molecule has 1 saturated heterocycles. The molecule has 2 unspecified atom stereocenters. The minimum absolute atomic E-state index is 0.460. The Bertz CT molecular complexity index is 405. The summed E-state index contributed by atoms with van der Waals surface area (Å²) in [5.41, 5.74) is 0. The zero-order valence-corrected chi connectivity index (χ0v) is 20.6. The van der Waals surface area contributed by atoms with E-state index in [1.807, 2.05) is 0 Å². The number of unbranched alkanes of at least 4 members (excludes halogenated alkanes) is 12. The van der Waals surface area contributed by atoms with E-state index < -0.39 is 30.7 Å². The molecule has 6 atom stereocenters. The highest BCUT2D eigenvalue weighted by Crippen LogP contribution is 2.25. The van der Waals surface area contributed by atoms with Crippen LogP contribution in [0.2, 0.25) is 0 Å². The van der Waals surface area contributed by atoms with Gasteiger partial charge in [0.1, 0.15) is 18.3 Å². The summed E-state index contributed by atoms with van der Waals surface area (Å²) < 4.78 is 11.5. The summed E-state index contributed by atoms with van der Waals surface area (Å²) >= 11 is 0. The highest BCUT2D eigenvalue weighted by atomic mass is 16.7. The lowest BCUT2D eigenvalue weighted by atomic mass is 9.94. The molecule has 0 aromatic rings. The average Bonchev–Trinajstić information content (AvgIpc) is 2.77. The molecule has 31 heavy (non-hydrogen) atoms. The fourth-order valence-electron chi connectivity index (χ4n) is 4.47. The fourth-order valence-corrected chi connectivity index (χ4v) is 4.47. The van der Waals surface area contributed by atoms with Gasteiger partial charge in [0.05, 0.1) is 12.7 Å². The predicted octanol–water partition coefficient (Wildman–Crippen LogP) is 5.73. The van der Waals surface area contributed by atoms with Crippen LogP contribution in [-0.2, 0) is 9.47 Å². The SMILES string of the molecule is CCCCCCCCCCC(CCCCCCCC)COC1O[C@H](C)[C@@H](O)[C@H](O)[C@@H]1O. The van der Waals surface area contributed by atoms with Gasteiger partial charge >= 0.3 is 0 Å². The van der Waals surface area contributed by atoms with Crippen molar-refractivity contribution in [3.63, 3.8) is 0 Å². The topological polar surface area (TPSA) is 79.2 Å². The van der Waals surface area contributed by atoms with Gasteiger partial charge in [-0.15, -0.1) is 0 Å². The van der Waals surface area contributed by atoms with E-state index in [-0.39, 0.29) is 0 Å². The predicted molar refractivity (Wildman–Crippen MR) is 127 cm³/mol.